The molecule has 0 amide bonds. The van der Waals surface area contributed by atoms with Crippen LogP contribution in [0, 0.1) is 10.8 Å². The molecule has 0 saturated carbocycles. The summed E-state index contributed by atoms with van der Waals surface area (Å²) >= 11 is 0. The second-order valence-corrected chi connectivity index (χ2v) is 6.12. The van der Waals surface area contributed by atoms with Crippen LogP contribution >= 0.6 is 0 Å². The summed E-state index contributed by atoms with van der Waals surface area (Å²) in [6.45, 7) is 13.3. The molecule has 0 aliphatic rings. The Bertz CT molecular complexity index is 270. The van der Waals surface area contributed by atoms with E-state index in [1.807, 2.05) is 0 Å². The molecule has 0 bridgehead atoms. The van der Waals surface area contributed by atoms with Gasteiger partial charge >= 0.3 is 11.9 Å². The molecule has 0 rings (SSSR count). The smallest absolute Gasteiger partial charge is 0.308 e. The van der Waals surface area contributed by atoms with Crippen LogP contribution in [-0.4, -0.2) is 38.7 Å². The first-order valence-corrected chi connectivity index (χ1v) is 6.10. The number of aliphatic carboxylic acids is 2. The summed E-state index contributed by atoms with van der Waals surface area (Å²) in [7, 11) is 0. The fourth-order valence-corrected chi connectivity index (χ4v) is 0.149. The second-order valence-electron chi connectivity index (χ2n) is 6.12. The van der Waals surface area contributed by atoms with Crippen molar-refractivity contribution in [1.29, 1.82) is 0 Å². The molecule has 0 aliphatic heterocycles. The maximum absolute atomic E-state index is 10.0. The molecule has 0 saturated heterocycles. The molecule has 6 heteroatoms. The highest BCUT2D eigenvalue weighted by Crippen LogP contribution is 2.11. The molecule has 0 aromatic heterocycles. The van der Waals surface area contributed by atoms with Crippen molar-refractivity contribution >= 4 is 11.9 Å². The molecule has 0 atom stereocenters. The van der Waals surface area contributed by atoms with Crippen LogP contribution in [0.1, 0.15) is 48.0 Å². The summed E-state index contributed by atoms with van der Waals surface area (Å²) in [6.07, 6.45) is 0.479. The Kier molecular flexibility index (Phi) is 12.3. The normalized spacial score (nSPS) is 10.7. The third-order valence-corrected chi connectivity index (χ3v) is 1.66. The maximum Gasteiger partial charge on any atom is 0.308 e. The zero-order chi connectivity index (χ0) is 17.1. The van der Waals surface area contributed by atoms with Gasteiger partial charge < -0.3 is 20.4 Å². The molecule has 0 aromatic carbocycles. The Labute approximate surface area is 120 Å². The summed E-state index contributed by atoms with van der Waals surface area (Å²) < 4.78 is 0. The van der Waals surface area contributed by atoms with Gasteiger partial charge in [-0.25, -0.2) is 0 Å². The fourth-order valence-electron chi connectivity index (χ4n) is 0.149. The highest BCUT2D eigenvalue weighted by Gasteiger charge is 2.19. The van der Waals surface area contributed by atoms with E-state index < -0.39 is 29.1 Å². The van der Waals surface area contributed by atoms with Gasteiger partial charge in [-0.05, 0) is 41.5 Å². The van der Waals surface area contributed by atoms with E-state index in [1.165, 1.54) is 6.08 Å². The Morgan fingerprint density at radius 2 is 1.15 bits per heavy atom. The van der Waals surface area contributed by atoms with E-state index in [-0.39, 0.29) is 6.42 Å². The summed E-state index contributed by atoms with van der Waals surface area (Å²) in [4.78, 5) is 20.0. The summed E-state index contributed by atoms with van der Waals surface area (Å²) in [5.74, 6) is -1.51. The van der Waals surface area contributed by atoms with Crippen LogP contribution in [0.5, 0.6) is 0 Å². The molecular formula is C14H28O6. The van der Waals surface area contributed by atoms with Gasteiger partial charge in [-0.2, -0.15) is 0 Å². The molecule has 6 nitrogen and oxygen atoms in total. The standard InChI is InChI=1S/2C5H10O2.C4H8O2/c2*1-5(2,3)4(6)7;1-2-3-4(5)6/h2*1-3H3,(H,6,7);2,4-6H,1,3H2. The lowest BCUT2D eigenvalue weighted by Crippen LogP contribution is -2.18. The van der Waals surface area contributed by atoms with Crippen LogP contribution in [0.2, 0.25) is 0 Å². The van der Waals surface area contributed by atoms with Crippen molar-refractivity contribution in [3.8, 4) is 0 Å². The maximum atomic E-state index is 10.0. The molecule has 0 radical (unpaired) electrons. The molecule has 0 heterocycles. The number of aliphatic hydroxyl groups excluding tert-OH is 1. The average Bonchev–Trinajstić information content (AvgIpc) is 2.15. The van der Waals surface area contributed by atoms with Crippen molar-refractivity contribution in [3.63, 3.8) is 0 Å². The van der Waals surface area contributed by atoms with E-state index in [1.54, 1.807) is 41.5 Å². The Morgan fingerprint density at radius 3 is 1.15 bits per heavy atom. The average molecular weight is 292 g/mol. The molecule has 20 heavy (non-hydrogen) atoms. The molecule has 0 unspecified atom stereocenters. The van der Waals surface area contributed by atoms with Gasteiger partial charge in [-0.1, -0.05) is 6.08 Å². The van der Waals surface area contributed by atoms with Gasteiger partial charge in [-0.15, -0.1) is 6.58 Å². The van der Waals surface area contributed by atoms with E-state index >= 15 is 0 Å². The lowest BCUT2D eigenvalue weighted by molar-refractivity contribution is -0.146. The van der Waals surface area contributed by atoms with Gasteiger partial charge in [0.25, 0.3) is 0 Å². The third-order valence-electron chi connectivity index (χ3n) is 1.66. The van der Waals surface area contributed by atoms with E-state index in [9.17, 15) is 9.59 Å². The van der Waals surface area contributed by atoms with Gasteiger partial charge in [-0.3, -0.25) is 9.59 Å². The quantitative estimate of drug-likeness (QED) is 0.457. The lowest BCUT2D eigenvalue weighted by atomic mass is 9.98. The Hall–Kier alpha value is -1.40. The van der Waals surface area contributed by atoms with E-state index in [4.69, 9.17) is 20.4 Å². The topological polar surface area (TPSA) is 115 Å². The van der Waals surface area contributed by atoms with Crippen molar-refractivity contribution in [1.82, 2.24) is 0 Å². The van der Waals surface area contributed by atoms with Crippen molar-refractivity contribution < 1.29 is 30.0 Å². The van der Waals surface area contributed by atoms with Crippen LogP contribution in [0.3, 0.4) is 0 Å². The summed E-state index contributed by atoms with van der Waals surface area (Å²) in [6, 6.07) is 0. The number of carboxylic acids is 2. The van der Waals surface area contributed by atoms with E-state index in [0.717, 1.165) is 0 Å². The van der Waals surface area contributed by atoms with Crippen molar-refractivity contribution in [2.24, 2.45) is 10.8 Å². The predicted molar refractivity (Wildman–Crippen MR) is 77.2 cm³/mol. The first kappa shape index (κ1) is 23.7. The van der Waals surface area contributed by atoms with Gasteiger partial charge in [0.1, 0.15) is 0 Å². The van der Waals surface area contributed by atoms with Crippen LogP contribution in [0.25, 0.3) is 0 Å². The van der Waals surface area contributed by atoms with Crippen LogP contribution in [0.4, 0.5) is 0 Å². The molecule has 0 aliphatic carbocycles. The first-order chi connectivity index (χ1) is 8.66. The molecular weight excluding hydrogens is 264 g/mol. The molecule has 120 valence electrons. The summed E-state index contributed by atoms with van der Waals surface area (Å²) in [5, 5.41) is 32.6. The Balaban J connectivity index is -0.000000218. The monoisotopic (exact) mass is 292 g/mol. The third kappa shape index (κ3) is 21.8. The fraction of sp³-hybridized carbons (Fsp3) is 0.714. The second kappa shape index (κ2) is 10.4. The molecule has 0 aromatic rings. The van der Waals surface area contributed by atoms with Gasteiger partial charge in [0.05, 0.1) is 10.8 Å². The lowest BCUT2D eigenvalue weighted by Gasteiger charge is -2.08. The Morgan fingerprint density at radius 1 is 0.950 bits per heavy atom. The first-order valence-electron chi connectivity index (χ1n) is 6.10. The number of carboxylic acid groups (broad SMARTS) is 2. The van der Waals surface area contributed by atoms with E-state index in [2.05, 4.69) is 6.58 Å². The zero-order valence-corrected chi connectivity index (χ0v) is 13.2. The predicted octanol–water partition coefficient (Wildman–Crippen LogP) is 2.11. The highest BCUT2D eigenvalue weighted by atomic mass is 16.5. The highest BCUT2D eigenvalue weighted by molar-refractivity contribution is 5.73. The number of hydrogen-bond donors (Lipinski definition) is 4. The molecule has 4 N–H and O–H groups in total. The SMILES string of the molecule is C=CCC(O)O.CC(C)(C)C(=O)O.CC(C)(C)C(=O)O. The number of rotatable bonds is 2. The number of carbonyl (C=O) groups is 2. The van der Waals surface area contributed by atoms with Crippen molar-refractivity contribution in [2.75, 3.05) is 0 Å². The molecule has 0 spiro atoms. The number of aliphatic hydroxyl groups is 2. The van der Waals surface area contributed by atoms with Crippen molar-refractivity contribution in [3.05, 3.63) is 12.7 Å². The molecule has 0 fully saturated rings. The van der Waals surface area contributed by atoms with E-state index in [0.29, 0.717) is 0 Å². The minimum Gasteiger partial charge on any atom is -0.481 e. The van der Waals surface area contributed by atoms with Crippen LogP contribution in [0.15, 0.2) is 12.7 Å². The minimum atomic E-state index is -1.22. The number of hydrogen-bond acceptors (Lipinski definition) is 4. The minimum absolute atomic E-state index is 0.250. The van der Waals surface area contributed by atoms with Gasteiger partial charge in [0.2, 0.25) is 0 Å². The zero-order valence-electron chi connectivity index (χ0n) is 13.2. The largest absolute Gasteiger partial charge is 0.481 e. The van der Waals surface area contributed by atoms with Crippen molar-refractivity contribution in [2.45, 2.75) is 54.3 Å². The van der Waals surface area contributed by atoms with Gasteiger partial charge in [0.15, 0.2) is 6.29 Å². The van der Waals surface area contributed by atoms with Gasteiger partial charge in [0, 0.05) is 6.42 Å². The summed E-state index contributed by atoms with van der Waals surface area (Å²) in [5.41, 5.74) is -1.17. The van der Waals surface area contributed by atoms with Crippen LogP contribution < -0.4 is 0 Å². The van der Waals surface area contributed by atoms with Crippen LogP contribution in [-0.2, 0) is 9.59 Å².